The summed E-state index contributed by atoms with van der Waals surface area (Å²) in [5.41, 5.74) is 5.66. The van der Waals surface area contributed by atoms with Crippen LogP contribution in [-0.4, -0.2) is 36.1 Å². The minimum absolute atomic E-state index is 0.137. The summed E-state index contributed by atoms with van der Waals surface area (Å²) in [5, 5.41) is 0. The molecule has 0 aromatic carbocycles. The molecule has 22 heavy (non-hydrogen) atoms. The Bertz CT molecular complexity index is 574. The molecule has 1 amide bonds. The number of rotatable bonds is 5. The third-order valence-electron chi connectivity index (χ3n) is 3.38. The van der Waals surface area contributed by atoms with Crippen LogP contribution in [0.5, 0.6) is 5.75 Å². The van der Waals surface area contributed by atoms with Gasteiger partial charge >= 0.3 is 5.97 Å². The highest BCUT2D eigenvalue weighted by Crippen LogP contribution is 2.32. The summed E-state index contributed by atoms with van der Waals surface area (Å²) in [6, 6.07) is 2.43. The minimum Gasteiger partial charge on any atom is -0.480 e. The predicted octanol–water partition coefficient (Wildman–Crippen LogP) is 1.37. The van der Waals surface area contributed by atoms with Gasteiger partial charge in [0.05, 0.1) is 6.61 Å². The molecule has 0 bridgehead atoms. The lowest BCUT2D eigenvalue weighted by Crippen LogP contribution is -2.49. The zero-order valence-electron chi connectivity index (χ0n) is 13.0. The van der Waals surface area contributed by atoms with Crippen molar-refractivity contribution in [3.63, 3.8) is 0 Å². The van der Waals surface area contributed by atoms with Crippen molar-refractivity contribution >= 4 is 23.5 Å². The molecule has 2 rings (SSSR count). The van der Waals surface area contributed by atoms with Crippen molar-refractivity contribution in [2.75, 3.05) is 23.8 Å². The van der Waals surface area contributed by atoms with E-state index < -0.39 is 12.0 Å². The van der Waals surface area contributed by atoms with E-state index in [0.29, 0.717) is 18.3 Å². The largest absolute Gasteiger partial charge is 0.480 e. The molecule has 7 heteroatoms. The second kappa shape index (κ2) is 6.64. The van der Waals surface area contributed by atoms with E-state index in [2.05, 4.69) is 4.98 Å². The number of hydrogen-bond acceptors (Lipinski definition) is 6. The Kier molecular flexibility index (Phi) is 4.85. The molecule has 7 nitrogen and oxygen atoms in total. The van der Waals surface area contributed by atoms with Gasteiger partial charge in [0.15, 0.2) is 18.2 Å². The first kappa shape index (κ1) is 16.1. The van der Waals surface area contributed by atoms with Crippen LogP contribution >= 0.6 is 0 Å². The summed E-state index contributed by atoms with van der Waals surface area (Å²) < 4.78 is 10.5. The van der Waals surface area contributed by atoms with Crippen molar-refractivity contribution in [1.82, 2.24) is 4.98 Å². The Hall–Kier alpha value is -2.31. The van der Waals surface area contributed by atoms with Crippen molar-refractivity contribution in [3.05, 3.63) is 12.1 Å². The molecule has 120 valence electrons. The van der Waals surface area contributed by atoms with Gasteiger partial charge in [0.2, 0.25) is 0 Å². The van der Waals surface area contributed by atoms with Crippen LogP contribution < -0.4 is 15.4 Å². The summed E-state index contributed by atoms with van der Waals surface area (Å²) >= 11 is 0. The number of fused-ring (bicyclic) bond motifs is 1. The number of nitrogen functional groups attached to an aromatic ring is 1. The molecule has 2 heterocycles. The number of carbonyl (C=O) groups is 2. The number of nitrogens with two attached hydrogens (primary N) is 1. The van der Waals surface area contributed by atoms with Crippen LogP contribution in [0.25, 0.3) is 0 Å². The first-order valence-electron chi connectivity index (χ1n) is 7.28. The van der Waals surface area contributed by atoms with E-state index in [4.69, 9.17) is 15.2 Å². The fourth-order valence-corrected chi connectivity index (χ4v) is 2.08. The average Bonchev–Trinajstić information content (AvgIpc) is 2.45. The van der Waals surface area contributed by atoms with E-state index in [1.165, 1.54) is 4.90 Å². The normalized spacial score (nSPS) is 15.3. The third-order valence-corrected chi connectivity index (χ3v) is 3.38. The van der Waals surface area contributed by atoms with Crippen LogP contribution in [0.1, 0.15) is 27.2 Å². The van der Waals surface area contributed by atoms with Gasteiger partial charge in [-0.15, -0.1) is 0 Å². The lowest BCUT2D eigenvalue weighted by atomic mass is 10.1. The minimum atomic E-state index is -0.781. The molecule has 0 spiro atoms. The Morgan fingerprint density at radius 3 is 2.86 bits per heavy atom. The van der Waals surface area contributed by atoms with E-state index in [9.17, 15) is 9.59 Å². The molecule has 0 radical (unpaired) electrons. The molecule has 1 atom stereocenters. The van der Waals surface area contributed by atoms with Crippen LogP contribution in [0.2, 0.25) is 0 Å². The third kappa shape index (κ3) is 3.47. The van der Waals surface area contributed by atoms with Crippen molar-refractivity contribution < 1.29 is 19.1 Å². The summed E-state index contributed by atoms with van der Waals surface area (Å²) in [4.78, 5) is 29.6. The number of ether oxygens (including phenoxy) is 2. The van der Waals surface area contributed by atoms with Crippen molar-refractivity contribution in [3.8, 4) is 5.75 Å². The Balaban J connectivity index is 2.15. The highest BCUT2D eigenvalue weighted by Gasteiger charge is 2.35. The number of nitrogens with zero attached hydrogens (tertiary/aromatic N) is 2. The quantitative estimate of drug-likeness (QED) is 0.825. The number of aromatic nitrogens is 1. The SMILES string of the molecule is CC(C)CCOC(=O)C(C)N1C(=O)COc2ccc(N)nc21. The van der Waals surface area contributed by atoms with Gasteiger partial charge in [0.1, 0.15) is 11.9 Å². The number of carbonyl (C=O) groups excluding carboxylic acids is 2. The van der Waals surface area contributed by atoms with Crippen molar-refractivity contribution in [2.24, 2.45) is 5.92 Å². The van der Waals surface area contributed by atoms with Crippen LogP contribution in [0.3, 0.4) is 0 Å². The molecule has 0 saturated carbocycles. The average molecular weight is 307 g/mol. The summed E-state index contributed by atoms with van der Waals surface area (Å²) in [6.45, 7) is 5.89. The lowest BCUT2D eigenvalue weighted by Gasteiger charge is -2.31. The van der Waals surface area contributed by atoms with Crippen LogP contribution in [-0.2, 0) is 14.3 Å². The molecule has 1 unspecified atom stereocenters. The Morgan fingerprint density at radius 1 is 1.45 bits per heavy atom. The highest BCUT2D eigenvalue weighted by molar-refractivity contribution is 6.01. The summed E-state index contributed by atoms with van der Waals surface area (Å²) in [5.74, 6) is 0.558. The van der Waals surface area contributed by atoms with Gasteiger partial charge in [-0.25, -0.2) is 9.78 Å². The van der Waals surface area contributed by atoms with Crippen molar-refractivity contribution in [1.29, 1.82) is 0 Å². The monoisotopic (exact) mass is 307 g/mol. The van der Waals surface area contributed by atoms with Gasteiger partial charge in [-0.3, -0.25) is 9.69 Å². The zero-order chi connectivity index (χ0) is 16.3. The number of esters is 1. The smallest absolute Gasteiger partial charge is 0.329 e. The topological polar surface area (TPSA) is 94.8 Å². The molecular formula is C15H21N3O4. The second-order valence-corrected chi connectivity index (χ2v) is 5.64. The molecular weight excluding hydrogens is 286 g/mol. The molecule has 1 aliphatic heterocycles. The maximum atomic E-state index is 12.1. The molecule has 0 fully saturated rings. The van der Waals surface area contributed by atoms with Gasteiger partial charge in [-0.1, -0.05) is 13.8 Å². The Labute approximate surface area is 129 Å². The van der Waals surface area contributed by atoms with E-state index in [1.807, 2.05) is 13.8 Å². The fraction of sp³-hybridized carbons (Fsp3) is 0.533. The number of amides is 1. The maximum absolute atomic E-state index is 12.1. The van der Waals surface area contributed by atoms with Gasteiger partial charge in [0.25, 0.3) is 5.91 Å². The number of pyridine rings is 1. The van der Waals surface area contributed by atoms with Gasteiger partial charge in [-0.2, -0.15) is 0 Å². The molecule has 2 N–H and O–H groups in total. The molecule has 1 aromatic rings. The van der Waals surface area contributed by atoms with Crippen LogP contribution in [0, 0.1) is 5.92 Å². The highest BCUT2D eigenvalue weighted by atomic mass is 16.5. The van der Waals surface area contributed by atoms with Gasteiger partial charge in [0, 0.05) is 0 Å². The van der Waals surface area contributed by atoms with Crippen LogP contribution in [0.4, 0.5) is 11.6 Å². The van der Waals surface area contributed by atoms with Crippen LogP contribution in [0.15, 0.2) is 12.1 Å². The standard InChI is InChI=1S/C15H21N3O4/c1-9(2)6-7-21-15(20)10(3)18-13(19)8-22-11-4-5-12(16)17-14(11)18/h4-5,9-10H,6-8H2,1-3H3,(H2,16,17). The summed E-state index contributed by atoms with van der Waals surface area (Å²) in [6.07, 6.45) is 0.775. The molecule has 0 aliphatic carbocycles. The summed E-state index contributed by atoms with van der Waals surface area (Å²) in [7, 11) is 0. The molecule has 1 aliphatic rings. The zero-order valence-corrected chi connectivity index (χ0v) is 13.0. The number of anilines is 2. The second-order valence-electron chi connectivity index (χ2n) is 5.64. The first-order valence-corrected chi connectivity index (χ1v) is 7.28. The number of hydrogen-bond donors (Lipinski definition) is 1. The molecule has 1 aromatic heterocycles. The molecule has 0 saturated heterocycles. The van der Waals surface area contributed by atoms with E-state index in [1.54, 1.807) is 19.1 Å². The maximum Gasteiger partial charge on any atom is 0.329 e. The lowest BCUT2D eigenvalue weighted by molar-refractivity contribution is -0.146. The fourth-order valence-electron chi connectivity index (χ4n) is 2.08. The van der Waals surface area contributed by atoms with E-state index >= 15 is 0 Å². The van der Waals surface area contributed by atoms with E-state index in [-0.39, 0.29) is 24.1 Å². The Morgan fingerprint density at radius 2 is 2.18 bits per heavy atom. The van der Waals surface area contributed by atoms with Gasteiger partial charge in [-0.05, 0) is 31.4 Å². The van der Waals surface area contributed by atoms with Gasteiger partial charge < -0.3 is 15.2 Å². The van der Waals surface area contributed by atoms with E-state index in [0.717, 1.165) is 6.42 Å². The van der Waals surface area contributed by atoms with Crippen molar-refractivity contribution in [2.45, 2.75) is 33.2 Å². The first-order chi connectivity index (χ1) is 10.4. The predicted molar refractivity (Wildman–Crippen MR) is 81.5 cm³/mol.